The first-order valence-corrected chi connectivity index (χ1v) is 8.48. The van der Waals surface area contributed by atoms with Gasteiger partial charge in [0.2, 0.25) is 0 Å². The minimum atomic E-state index is -0.428. The molecule has 2 aromatic carbocycles. The summed E-state index contributed by atoms with van der Waals surface area (Å²) in [5.41, 5.74) is 1.94. The lowest BCUT2D eigenvalue weighted by Crippen LogP contribution is -2.15. The van der Waals surface area contributed by atoms with Crippen LogP contribution in [0.5, 0.6) is 0 Å². The van der Waals surface area contributed by atoms with E-state index in [4.69, 9.17) is 32.4 Å². The SMILES string of the molecule is O=C(CCCn1c(=O)oc2ccccc21)OCc1ccc(Cl)cc1Cl. The van der Waals surface area contributed by atoms with Crippen molar-refractivity contribution in [3.8, 4) is 0 Å². The highest BCUT2D eigenvalue weighted by molar-refractivity contribution is 6.35. The number of ether oxygens (including phenoxy) is 1. The molecule has 3 aromatic rings. The molecule has 5 nitrogen and oxygen atoms in total. The molecule has 0 fully saturated rings. The van der Waals surface area contributed by atoms with Crippen molar-refractivity contribution in [3.63, 3.8) is 0 Å². The van der Waals surface area contributed by atoms with Gasteiger partial charge in [-0.25, -0.2) is 4.79 Å². The van der Waals surface area contributed by atoms with Crippen molar-refractivity contribution >= 4 is 40.3 Å². The molecule has 0 bridgehead atoms. The lowest BCUT2D eigenvalue weighted by molar-refractivity contribution is -0.145. The highest BCUT2D eigenvalue weighted by Gasteiger charge is 2.10. The third-order valence-electron chi connectivity index (χ3n) is 3.74. The van der Waals surface area contributed by atoms with Gasteiger partial charge in [-0.2, -0.15) is 0 Å². The largest absolute Gasteiger partial charge is 0.461 e. The fraction of sp³-hybridized carbons (Fsp3) is 0.222. The standard InChI is InChI=1S/C18H15Cl2NO4/c19-13-8-7-12(14(20)10-13)11-24-17(22)6-3-9-21-15-4-1-2-5-16(15)25-18(21)23/h1-2,4-5,7-8,10H,3,6,9,11H2. The maximum atomic E-state index is 11.9. The van der Waals surface area contributed by atoms with E-state index in [0.717, 1.165) is 0 Å². The maximum absolute atomic E-state index is 11.9. The van der Waals surface area contributed by atoms with Crippen LogP contribution in [0.1, 0.15) is 18.4 Å². The lowest BCUT2D eigenvalue weighted by Gasteiger charge is -2.07. The zero-order valence-electron chi connectivity index (χ0n) is 13.2. The summed E-state index contributed by atoms with van der Waals surface area (Å²) in [7, 11) is 0. The number of oxazole rings is 1. The zero-order valence-corrected chi connectivity index (χ0v) is 14.7. The van der Waals surface area contributed by atoms with E-state index in [9.17, 15) is 9.59 Å². The number of benzene rings is 2. The first-order valence-electron chi connectivity index (χ1n) is 7.72. The molecule has 1 aromatic heterocycles. The molecule has 0 saturated carbocycles. The van der Waals surface area contributed by atoms with E-state index in [1.54, 1.807) is 36.4 Å². The molecule has 0 unspecified atom stereocenters. The summed E-state index contributed by atoms with van der Waals surface area (Å²) in [6.45, 7) is 0.468. The Morgan fingerprint density at radius 1 is 1.16 bits per heavy atom. The van der Waals surface area contributed by atoms with Gasteiger partial charge in [-0.15, -0.1) is 0 Å². The molecule has 7 heteroatoms. The average Bonchev–Trinajstić information content (AvgIpc) is 2.90. The van der Waals surface area contributed by atoms with Crippen molar-refractivity contribution < 1.29 is 13.9 Å². The molecule has 0 atom stereocenters. The van der Waals surface area contributed by atoms with Gasteiger partial charge in [0.15, 0.2) is 5.58 Å². The Kier molecular flexibility index (Phi) is 5.46. The van der Waals surface area contributed by atoms with E-state index in [1.165, 1.54) is 4.57 Å². The summed E-state index contributed by atoms with van der Waals surface area (Å²) in [6.07, 6.45) is 0.660. The summed E-state index contributed by atoms with van der Waals surface area (Å²) < 4.78 is 11.9. The highest BCUT2D eigenvalue weighted by atomic mass is 35.5. The highest BCUT2D eigenvalue weighted by Crippen LogP contribution is 2.21. The van der Waals surface area contributed by atoms with Crippen LogP contribution in [0.2, 0.25) is 10.0 Å². The molecule has 0 aliphatic carbocycles. The molecular formula is C18H15Cl2NO4. The van der Waals surface area contributed by atoms with Crippen molar-refractivity contribution in [1.82, 2.24) is 4.57 Å². The monoisotopic (exact) mass is 379 g/mol. The molecule has 0 aliphatic heterocycles. The molecular weight excluding hydrogens is 365 g/mol. The number of hydrogen-bond donors (Lipinski definition) is 0. The smallest absolute Gasteiger partial charge is 0.419 e. The van der Waals surface area contributed by atoms with Crippen LogP contribution in [0.25, 0.3) is 11.1 Å². The van der Waals surface area contributed by atoms with Gasteiger partial charge in [0.05, 0.1) is 5.52 Å². The summed E-state index contributed by atoms with van der Waals surface area (Å²) >= 11 is 11.9. The van der Waals surface area contributed by atoms with E-state index in [1.807, 2.05) is 6.07 Å². The van der Waals surface area contributed by atoms with Crippen LogP contribution in [0.15, 0.2) is 51.7 Å². The number of carbonyl (C=O) groups is 1. The van der Waals surface area contributed by atoms with Crippen LogP contribution in [-0.4, -0.2) is 10.5 Å². The summed E-state index contributed by atoms with van der Waals surface area (Å²) in [6, 6.07) is 12.2. The Hall–Kier alpha value is -2.24. The van der Waals surface area contributed by atoms with Gasteiger partial charge >= 0.3 is 11.7 Å². The quantitative estimate of drug-likeness (QED) is 0.594. The Bertz CT molecular complexity index is 961. The van der Waals surface area contributed by atoms with Crippen LogP contribution >= 0.6 is 23.2 Å². The van der Waals surface area contributed by atoms with E-state index in [2.05, 4.69) is 0 Å². The Balaban J connectivity index is 1.52. The van der Waals surface area contributed by atoms with Crippen molar-refractivity contribution in [3.05, 3.63) is 68.6 Å². The predicted molar refractivity (Wildman–Crippen MR) is 96.0 cm³/mol. The molecule has 0 aliphatic rings. The molecule has 25 heavy (non-hydrogen) atoms. The fourth-order valence-corrected chi connectivity index (χ4v) is 2.94. The van der Waals surface area contributed by atoms with Crippen LogP contribution in [0.3, 0.4) is 0 Å². The number of aryl methyl sites for hydroxylation is 1. The second-order valence-corrected chi connectivity index (χ2v) is 6.33. The number of halogens is 2. The Morgan fingerprint density at radius 3 is 2.76 bits per heavy atom. The number of hydrogen-bond acceptors (Lipinski definition) is 4. The van der Waals surface area contributed by atoms with Crippen molar-refractivity contribution in [2.24, 2.45) is 0 Å². The maximum Gasteiger partial charge on any atom is 0.419 e. The predicted octanol–water partition coefficient (Wildman–Crippen LogP) is 4.42. The molecule has 130 valence electrons. The third-order valence-corrected chi connectivity index (χ3v) is 4.33. The summed E-state index contributed by atoms with van der Waals surface area (Å²) in [4.78, 5) is 23.7. The average molecular weight is 380 g/mol. The van der Waals surface area contributed by atoms with Crippen molar-refractivity contribution in [2.75, 3.05) is 0 Å². The zero-order chi connectivity index (χ0) is 17.8. The molecule has 3 rings (SSSR count). The van der Waals surface area contributed by atoms with Gasteiger partial charge in [-0.1, -0.05) is 41.4 Å². The third kappa shape index (κ3) is 4.24. The Morgan fingerprint density at radius 2 is 1.96 bits per heavy atom. The van der Waals surface area contributed by atoms with Gasteiger partial charge < -0.3 is 9.15 Å². The van der Waals surface area contributed by atoms with Gasteiger partial charge in [-0.3, -0.25) is 9.36 Å². The number of rotatable bonds is 6. The number of aromatic nitrogens is 1. The number of nitrogens with zero attached hydrogens (tertiary/aromatic N) is 1. The number of esters is 1. The van der Waals surface area contributed by atoms with E-state index >= 15 is 0 Å². The van der Waals surface area contributed by atoms with Crippen molar-refractivity contribution in [1.29, 1.82) is 0 Å². The lowest BCUT2D eigenvalue weighted by atomic mass is 10.2. The van der Waals surface area contributed by atoms with Crippen molar-refractivity contribution in [2.45, 2.75) is 26.0 Å². The van der Waals surface area contributed by atoms with E-state index in [0.29, 0.717) is 39.7 Å². The van der Waals surface area contributed by atoms with Crippen LogP contribution in [0.4, 0.5) is 0 Å². The molecule has 0 N–H and O–H groups in total. The van der Waals surface area contributed by atoms with Gasteiger partial charge in [-0.05, 0) is 30.7 Å². The topological polar surface area (TPSA) is 61.4 Å². The first-order chi connectivity index (χ1) is 12.0. The summed E-state index contributed by atoms with van der Waals surface area (Å²) in [5.74, 6) is -0.783. The molecule has 1 heterocycles. The fourth-order valence-electron chi connectivity index (χ4n) is 2.48. The normalized spacial score (nSPS) is 11.0. The van der Waals surface area contributed by atoms with E-state index < -0.39 is 5.76 Å². The van der Waals surface area contributed by atoms with Crippen LogP contribution in [-0.2, 0) is 22.7 Å². The molecule has 0 amide bonds. The van der Waals surface area contributed by atoms with Gasteiger partial charge in [0.1, 0.15) is 6.61 Å². The molecule has 0 spiro atoms. The van der Waals surface area contributed by atoms with Gasteiger partial charge in [0.25, 0.3) is 0 Å². The second kappa shape index (κ2) is 7.76. The van der Waals surface area contributed by atoms with E-state index in [-0.39, 0.29) is 19.0 Å². The number of fused-ring (bicyclic) bond motifs is 1. The minimum absolute atomic E-state index is 0.0867. The minimum Gasteiger partial charge on any atom is -0.461 e. The number of carbonyl (C=O) groups excluding carboxylic acids is 1. The second-order valence-electron chi connectivity index (χ2n) is 5.49. The molecule has 0 radical (unpaired) electrons. The number of para-hydroxylation sites is 2. The van der Waals surface area contributed by atoms with Crippen LogP contribution in [0, 0.1) is 0 Å². The summed E-state index contributed by atoms with van der Waals surface area (Å²) in [5, 5.41) is 0.981. The Labute approximate surface area is 153 Å². The van der Waals surface area contributed by atoms with Gasteiger partial charge in [0, 0.05) is 28.6 Å². The molecule has 0 saturated heterocycles. The van der Waals surface area contributed by atoms with Crippen LogP contribution < -0.4 is 5.76 Å². The first kappa shape index (κ1) is 17.6.